The molecule has 2 rings (SSSR count). The second-order valence-corrected chi connectivity index (χ2v) is 5.47. The molecular formula is C15H21N3O2. The number of hydrogen-bond acceptors (Lipinski definition) is 3. The van der Waals surface area contributed by atoms with Gasteiger partial charge in [-0.2, -0.15) is 0 Å². The number of rotatable bonds is 4. The first-order chi connectivity index (χ1) is 9.38. The molecule has 20 heavy (non-hydrogen) atoms. The number of aryl methyl sites for hydroxylation is 1. The average Bonchev–Trinajstić information content (AvgIpc) is 2.65. The van der Waals surface area contributed by atoms with Crippen molar-refractivity contribution in [2.24, 2.45) is 13.0 Å². The number of nitrogens with one attached hydrogen (secondary N) is 1. The van der Waals surface area contributed by atoms with Crippen molar-refractivity contribution in [3.05, 3.63) is 18.2 Å². The van der Waals surface area contributed by atoms with E-state index in [4.69, 9.17) is 4.74 Å². The largest absolute Gasteiger partial charge is 0.473 e. The van der Waals surface area contributed by atoms with Gasteiger partial charge in [-0.15, -0.1) is 5.10 Å². The third kappa shape index (κ3) is 2.92. The van der Waals surface area contributed by atoms with Crippen molar-refractivity contribution in [3.8, 4) is 5.88 Å². The molecule has 108 valence electrons. The van der Waals surface area contributed by atoms with Crippen molar-refractivity contribution in [3.63, 3.8) is 0 Å². The number of carbonyl (C=O) groups is 1. The number of anilines is 1. The average molecular weight is 275 g/mol. The Kier molecular flexibility index (Phi) is 3.97. The van der Waals surface area contributed by atoms with Crippen LogP contribution >= 0.6 is 0 Å². The van der Waals surface area contributed by atoms with Crippen molar-refractivity contribution >= 4 is 22.5 Å². The van der Waals surface area contributed by atoms with E-state index in [9.17, 15) is 4.79 Å². The van der Waals surface area contributed by atoms with Gasteiger partial charge >= 0.3 is 0 Å². The zero-order valence-electron chi connectivity index (χ0n) is 12.6. The van der Waals surface area contributed by atoms with E-state index in [0.717, 1.165) is 16.6 Å². The Labute approximate surface area is 118 Å². The van der Waals surface area contributed by atoms with E-state index in [-0.39, 0.29) is 17.9 Å². The maximum atomic E-state index is 11.8. The topological polar surface area (TPSA) is 56.1 Å². The van der Waals surface area contributed by atoms with E-state index in [0.29, 0.717) is 5.88 Å². The van der Waals surface area contributed by atoms with Crippen molar-refractivity contribution in [1.29, 1.82) is 0 Å². The minimum atomic E-state index is -0.0500. The molecule has 0 aliphatic carbocycles. The Morgan fingerprint density at radius 1 is 1.30 bits per heavy atom. The number of fused-ring (bicyclic) bond motifs is 1. The van der Waals surface area contributed by atoms with Crippen LogP contribution in [0.2, 0.25) is 0 Å². The van der Waals surface area contributed by atoms with Crippen LogP contribution in [0.15, 0.2) is 18.2 Å². The van der Waals surface area contributed by atoms with Crippen molar-refractivity contribution in [1.82, 2.24) is 9.78 Å². The molecular weight excluding hydrogens is 254 g/mol. The van der Waals surface area contributed by atoms with Gasteiger partial charge in [0.25, 0.3) is 0 Å². The molecule has 1 aromatic heterocycles. The van der Waals surface area contributed by atoms with Crippen LogP contribution < -0.4 is 10.1 Å². The highest BCUT2D eigenvalue weighted by Crippen LogP contribution is 2.28. The minimum Gasteiger partial charge on any atom is -0.473 e. The molecule has 0 radical (unpaired) electrons. The highest BCUT2D eigenvalue weighted by Gasteiger charge is 2.13. The normalized spacial score (nSPS) is 11.3. The molecule has 0 bridgehead atoms. The molecule has 5 nitrogen and oxygen atoms in total. The lowest BCUT2D eigenvalue weighted by Crippen LogP contribution is -2.17. The minimum absolute atomic E-state index is 0.000400. The fourth-order valence-corrected chi connectivity index (χ4v) is 1.91. The van der Waals surface area contributed by atoms with Gasteiger partial charge < -0.3 is 10.1 Å². The van der Waals surface area contributed by atoms with Crippen LogP contribution in [-0.4, -0.2) is 21.8 Å². The van der Waals surface area contributed by atoms with Crippen LogP contribution in [0, 0.1) is 5.92 Å². The van der Waals surface area contributed by atoms with Crippen molar-refractivity contribution in [2.75, 3.05) is 5.32 Å². The Bertz CT molecular complexity index is 629. The highest BCUT2D eigenvalue weighted by atomic mass is 16.5. The van der Waals surface area contributed by atoms with Gasteiger partial charge in [-0.25, -0.2) is 0 Å². The lowest BCUT2D eigenvalue weighted by molar-refractivity contribution is -0.118. The van der Waals surface area contributed by atoms with Crippen LogP contribution in [0.3, 0.4) is 0 Å². The van der Waals surface area contributed by atoms with Gasteiger partial charge in [-0.3, -0.25) is 9.48 Å². The van der Waals surface area contributed by atoms with Gasteiger partial charge in [0, 0.05) is 18.7 Å². The molecule has 0 atom stereocenters. The summed E-state index contributed by atoms with van der Waals surface area (Å²) in [5.41, 5.74) is 1.74. The van der Waals surface area contributed by atoms with Gasteiger partial charge in [0.15, 0.2) is 0 Å². The summed E-state index contributed by atoms with van der Waals surface area (Å²) < 4.78 is 7.49. The molecule has 0 saturated heterocycles. The molecule has 0 fully saturated rings. The molecule has 1 amide bonds. The molecule has 0 aliphatic rings. The number of amides is 1. The molecule has 0 unspecified atom stereocenters. The smallest absolute Gasteiger partial charge is 0.241 e. The number of ether oxygens (including phenoxy) is 1. The molecule has 2 aromatic rings. The summed E-state index contributed by atoms with van der Waals surface area (Å²) in [6.07, 6.45) is 0.0574. The van der Waals surface area contributed by atoms with E-state index in [1.54, 1.807) is 4.68 Å². The molecule has 1 N–H and O–H groups in total. The Hall–Kier alpha value is -2.04. The Morgan fingerprint density at radius 2 is 2.00 bits per heavy atom. The zero-order valence-corrected chi connectivity index (χ0v) is 12.6. The van der Waals surface area contributed by atoms with Gasteiger partial charge in [-0.1, -0.05) is 13.8 Å². The van der Waals surface area contributed by atoms with Crippen LogP contribution in [0.5, 0.6) is 5.88 Å². The van der Waals surface area contributed by atoms with Crippen LogP contribution in [0.25, 0.3) is 10.9 Å². The molecule has 1 aromatic carbocycles. The van der Waals surface area contributed by atoms with Crippen molar-refractivity contribution in [2.45, 2.75) is 33.8 Å². The number of hydrogen-bond donors (Lipinski definition) is 1. The molecule has 0 saturated carbocycles. The van der Waals surface area contributed by atoms with Gasteiger partial charge in [-0.05, 0) is 32.0 Å². The number of nitrogens with zero attached hydrogens (tertiary/aromatic N) is 2. The van der Waals surface area contributed by atoms with E-state index in [1.807, 2.05) is 52.9 Å². The molecule has 0 aliphatic heterocycles. The summed E-state index contributed by atoms with van der Waals surface area (Å²) in [7, 11) is 1.88. The van der Waals surface area contributed by atoms with Crippen LogP contribution in [-0.2, 0) is 11.8 Å². The maximum absolute atomic E-state index is 11.8. The van der Waals surface area contributed by atoms with Crippen LogP contribution in [0.4, 0.5) is 5.69 Å². The molecule has 1 heterocycles. The van der Waals surface area contributed by atoms with Gasteiger partial charge in [0.2, 0.25) is 11.8 Å². The van der Waals surface area contributed by atoms with Gasteiger partial charge in [0.05, 0.1) is 17.0 Å². The summed E-state index contributed by atoms with van der Waals surface area (Å²) in [5, 5.41) is 8.16. The predicted octanol–water partition coefficient (Wildman–Crippen LogP) is 2.96. The third-order valence-corrected chi connectivity index (χ3v) is 2.96. The SMILES string of the molecule is CC(C)Oc1nn(C)c2ccc(NC(=O)C(C)C)cc12. The Morgan fingerprint density at radius 3 is 2.60 bits per heavy atom. The number of carbonyl (C=O) groups excluding carboxylic acids is 1. The first-order valence-corrected chi connectivity index (χ1v) is 6.82. The van der Waals surface area contributed by atoms with E-state index < -0.39 is 0 Å². The monoisotopic (exact) mass is 275 g/mol. The summed E-state index contributed by atoms with van der Waals surface area (Å²) in [6, 6.07) is 5.72. The summed E-state index contributed by atoms with van der Waals surface area (Å²) in [6.45, 7) is 7.66. The lowest BCUT2D eigenvalue weighted by Gasteiger charge is -2.09. The summed E-state index contributed by atoms with van der Waals surface area (Å²) >= 11 is 0. The quantitative estimate of drug-likeness (QED) is 0.933. The third-order valence-electron chi connectivity index (χ3n) is 2.96. The van der Waals surface area contributed by atoms with Crippen molar-refractivity contribution < 1.29 is 9.53 Å². The van der Waals surface area contributed by atoms with E-state index >= 15 is 0 Å². The second-order valence-electron chi connectivity index (χ2n) is 5.47. The first kappa shape index (κ1) is 14.4. The fraction of sp³-hybridized carbons (Fsp3) is 0.467. The van der Waals surface area contributed by atoms with E-state index in [2.05, 4.69) is 10.4 Å². The maximum Gasteiger partial charge on any atom is 0.241 e. The van der Waals surface area contributed by atoms with Crippen LogP contribution in [0.1, 0.15) is 27.7 Å². The molecule has 5 heteroatoms. The standard InChI is InChI=1S/C15H21N3O2/c1-9(2)14(19)16-11-6-7-13-12(8-11)15(17-18(13)5)20-10(3)4/h6-10H,1-5H3,(H,16,19). The summed E-state index contributed by atoms with van der Waals surface area (Å²) in [4.78, 5) is 11.8. The number of benzene rings is 1. The lowest BCUT2D eigenvalue weighted by atomic mass is 10.2. The summed E-state index contributed by atoms with van der Waals surface area (Å²) in [5.74, 6) is 0.545. The zero-order chi connectivity index (χ0) is 14.9. The second kappa shape index (κ2) is 5.53. The fourth-order valence-electron chi connectivity index (χ4n) is 1.91. The first-order valence-electron chi connectivity index (χ1n) is 6.82. The molecule has 0 spiro atoms. The Balaban J connectivity index is 2.38. The number of aromatic nitrogens is 2. The predicted molar refractivity (Wildman–Crippen MR) is 79.9 cm³/mol. The van der Waals surface area contributed by atoms with E-state index in [1.165, 1.54) is 0 Å². The highest BCUT2D eigenvalue weighted by molar-refractivity contribution is 5.95. The van der Waals surface area contributed by atoms with Gasteiger partial charge in [0.1, 0.15) is 0 Å².